The largest absolute Gasteiger partial charge is 0.326 e. The fourth-order valence-corrected chi connectivity index (χ4v) is 3.27. The van der Waals surface area contributed by atoms with Crippen molar-refractivity contribution in [1.82, 2.24) is 9.78 Å². The summed E-state index contributed by atoms with van der Waals surface area (Å²) in [7, 11) is 0. The number of carbonyl (C=O) groups excluding carboxylic acids is 2. The molecular weight excluding hydrogens is 398 g/mol. The van der Waals surface area contributed by atoms with Crippen molar-refractivity contribution in [2.24, 2.45) is 0 Å². The summed E-state index contributed by atoms with van der Waals surface area (Å²) in [6.07, 6.45) is 0. The van der Waals surface area contributed by atoms with Crippen LogP contribution in [-0.4, -0.2) is 26.5 Å². The number of benzene rings is 2. The van der Waals surface area contributed by atoms with E-state index in [9.17, 15) is 19.7 Å². The number of anilines is 2. The molecule has 0 unspecified atom stereocenters. The number of aryl methyl sites for hydroxylation is 2. The van der Waals surface area contributed by atoms with Crippen LogP contribution >= 0.6 is 0 Å². The Morgan fingerprint density at radius 3 is 2.32 bits per heavy atom. The third kappa shape index (κ3) is 4.95. The SMILES string of the molecule is CC(=O)Nc1cc(NC(=O)c2ccc(Cn3nc(C)c([N+](=O)[O-])c3C)cc2)ccc1C. The summed E-state index contributed by atoms with van der Waals surface area (Å²) in [6, 6.07) is 12.2. The van der Waals surface area contributed by atoms with Gasteiger partial charge in [-0.05, 0) is 56.2 Å². The second-order valence-corrected chi connectivity index (χ2v) is 7.30. The van der Waals surface area contributed by atoms with Crippen molar-refractivity contribution in [2.45, 2.75) is 34.2 Å². The Morgan fingerprint density at radius 2 is 1.74 bits per heavy atom. The van der Waals surface area contributed by atoms with Crippen molar-refractivity contribution in [3.05, 3.63) is 80.7 Å². The Hall–Kier alpha value is -4.01. The molecule has 0 spiro atoms. The van der Waals surface area contributed by atoms with Gasteiger partial charge in [0.25, 0.3) is 5.91 Å². The molecule has 0 saturated heterocycles. The first-order valence-electron chi connectivity index (χ1n) is 9.62. The van der Waals surface area contributed by atoms with Gasteiger partial charge in [0.15, 0.2) is 0 Å². The van der Waals surface area contributed by atoms with Gasteiger partial charge in [0, 0.05) is 23.9 Å². The molecule has 3 aromatic rings. The molecule has 2 aromatic carbocycles. The molecule has 0 aliphatic heterocycles. The highest BCUT2D eigenvalue weighted by atomic mass is 16.6. The lowest BCUT2D eigenvalue weighted by molar-refractivity contribution is -0.386. The highest BCUT2D eigenvalue weighted by Crippen LogP contribution is 2.23. The molecule has 0 aliphatic carbocycles. The van der Waals surface area contributed by atoms with E-state index in [2.05, 4.69) is 15.7 Å². The molecule has 0 fully saturated rings. The summed E-state index contributed by atoms with van der Waals surface area (Å²) in [6.45, 7) is 6.93. The van der Waals surface area contributed by atoms with Gasteiger partial charge in [0.05, 0.1) is 11.5 Å². The monoisotopic (exact) mass is 421 g/mol. The summed E-state index contributed by atoms with van der Waals surface area (Å²) >= 11 is 0. The van der Waals surface area contributed by atoms with E-state index >= 15 is 0 Å². The number of nitro groups is 1. The van der Waals surface area contributed by atoms with Crippen LogP contribution in [0.4, 0.5) is 17.1 Å². The van der Waals surface area contributed by atoms with Crippen molar-refractivity contribution in [3.63, 3.8) is 0 Å². The normalized spacial score (nSPS) is 10.6. The van der Waals surface area contributed by atoms with Crippen LogP contribution in [0.5, 0.6) is 0 Å². The summed E-state index contributed by atoms with van der Waals surface area (Å²) in [5, 5.41) is 21.0. The maximum Gasteiger partial charge on any atom is 0.312 e. The van der Waals surface area contributed by atoms with E-state index in [1.54, 1.807) is 54.9 Å². The molecule has 2 N–H and O–H groups in total. The molecule has 3 rings (SSSR count). The molecule has 0 saturated carbocycles. The second kappa shape index (κ2) is 8.78. The van der Waals surface area contributed by atoms with Gasteiger partial charge in [0.1, 0.15) is 11.4 Å². The van der Waals surface area contributed by atoms with Crippen LogP contribution < -0.4 is 10.6 Å². The Labute approximate surface area is 179 Å². The average molecular weight is 421 g/mol. The quantitative estimate of drug-likeness (QED) is 0.461. The van der Waals surface area contributed by atoms with Crippen molar-refractivity contribution in [1.29, 1.82) is 0 Å². The van der Waals surface area contributed by atoms with Gasteiger partial charge in [-0.1, -0.05) is 18.2 Å². The van der Waals surface area contributed by atoms with Crippen LogP contribution in [0, 0.1) is 30.9 Å². The number of nitrogens with one attached hydrogen (secondary N) is 2. The van der Waals surface area contributed by atoms with Crippen molar-refractivity contribution in [3.8, 4) is 0 Å². The average Bonchev–Trinajstić information content (AvgIpc) is 2.97. The summed E-state index contributed by atoms with van der Waals surface area (Å²) in [4.78, 5) is 34.6. The van der Waals surface area contributed by atoms with E-state index in [1.165, 1.54) is 6.92 Å². The summed E-state index contributed by atoms with van der Waals surface area (Å²) in [5.74, 6) is -0.471. The van der Waals surface area contributed by atoms with Crippen LogP contribution in [0.2, 0.25) is 0 Å². The molecule has 9 nitrogen and oxygen atoms in total. The maximum atomic E-state index is 12.6. The van der Waals surface area contributed by atoms with Crippen molar-refractivity contribution >= 4 is 28.9 Å². The summed E-state index contributed by atoms with van der Waals surface area (Å²) in [5.41, 5.74) is 4.30. The Kier molecular flexibility index (Phi) is 6.15. The Bertz CT molecular complexity index is 1170. The smallest absolute Gasteiger partial charge is 0.312 e. The number of aromatic nitrogens is 2. The minimum atomic E-state index is -0.427. The fraction of sp³-hybridized carbons (Fsp3) is 0.227. The van der Waals surface area contributed by atoms with Crippen LogP contribution in [0.15, 0.2) is 42.5 Å². The van der Waals surface area contributed by atoms with E-state index in [-0.39, 0.29) is 17.5 Å². The first kappa shape index (κ1) is 21.7. The molecule has 9 heteroatoms. The van der Waals surface area contributed by atoms with Crippen molar-refractivity contribution in [2.75, 3.05) is 10.6 Å². The van der Waals surface area contributed by atoms with Gasteiger partial charge in [-0.2, -0.15) is 5.10 Å². The second-order valence-electron chi connectivity index (χ2n) is 7.30. The van der Waals surface area contributed by atoms with E-state index < -0.39 is 4.92 Å². The molecule has 0 bridgehead atoms. The molecular formula is C22H23N5O4. The minimum absolute atomic E-state index is 0.0210. The van der Waals surface area contributed by atoms with E-state index in [0.29, 0.717) is 34.9 Å². The zero-order valence-corrected chi connectivity index (χ0v) is 17.7. The predicted molar refractivity (Wildman–Crippen MR) is 117 cm³/mol. The molecule has 0 atom stereocenters. The lowest BCUT2D eigenvalue weighted by Crippen LogP contribution is -2.13. The Morgan fingerprint density at radius 1 is 1.06 bits per heavy atom. The maximum absolute atomic E-state index is 12.6. The van der Waals surface area contributed by atoms with Gasteiger partial charge in [-0.15, -0.1) is 0 Å². The predicted octanol–water partition coefficient (Wildman–Crippen LogP) is 3.98. The zero-order chi connectivity index (χ0) is 22.7. The highest BCUT2D eigenvalue weighted by molar-refractivity contribution is 6.04. The minimum Gasteiger partial charge on any atom is -0.326 e. The first-order chi connectivity index (χ1) is 14.7. The molecule has 0 aliphatic rings. The zero-order valence-electron chi connectivity index (χ0n) is 17.7. The van der Waals surface area contributed by atoms with Crippen LogP contribution in [0.25, 0.3) is 0 Å². The lowest BCUT2D eigenvalue weighted by atomic mass is 10.1. The molecule has 160 valence electrons. The van der Waals surface area contributed by atoms with Crippen LogP contribution in [-0.2, 0) is 11.3 Å². The van der Waals surface area contributed by atoms with Crippen molar-refractivity contribution < 1.29 is 14.5 Å². The summed E-state index contributed by atoms with van der Waals surface area (Å²) < 4.78 is 1.58. The molecule has 1 heterocycles. The third-order valence-corrected chi connectivity index (χ3v) is 4.88. The van der Waals surface area contributed by atoms with Gasteiger partial charge in [-0.25, -0.2) is 0 Å². The van der Waals surface area contributed by atoms with E-state index in [1.807, 2.05) is 13.0 Å². The number of hydrogen-bond donors (Lipinski definition) is 2. The third-order valence-electron chi connectivity index (χ3n) is 4.88. The topological polar surface area (TPSA) is 119 Å². The first-order valence-corrected chi connectivity index (χ1v) is 9.62. The number of carbonyl (C=O) groups is 2. The van der Waals surface area contributed by atoms with Gasteiger partial charge < -0.3 is 10.6 Å². The number of rotatable bonds is 6. The van der Waals surface area contributed by atoms with Gasteiger partial charge in [0.2, 0.25) is 5.91 Å². The van der Waals surface area contributed by atoms with Crippen LogP contribution in [0.1, 0.15) is 39.8 Å². The van der Waals surface area contributed by atoms with E-state index in [0.717, 1.165) is 11.1 Å². The fourth-order valence-electron chi connectivity index (χ4n) is 3.27. The Balaban J connectivity index is 1.72. The standard InChI is InChI=1S/C22H23N5O4/c1-13-5-10-19(11-20(13)23-16(4)28)24-22(29)18-8-6-17(7-9-18)12-26-15(3)21(27(30)31)14(2)25-26/h5-11H,12H2,1-4H3,(H,23,28)(H,24,29). The number of nitrogens with zero attached hydrogens (tertiary/aromatic N) is 3. The molecule has 2 amide bonds. The highest BCUT2D eigenvalue weighted by Gasteiger charge is 2.21. The van der Waals surface area contributed by atoms with Gasteiger partial charge in [-0.3, -0.25) is 24.4 Å². The van der Waals surface area contributed by atoms with E-state index in [4.69, 9.17) is 0 Å². The molecule has 0 radical (unpaired) electrons. The van der Waals surface area contributed by atoms with Crippen LogP contribution in [0.3, 0.4) is 0 Å². The number of hydrogen-bond acceptors (Lipinski definition) is 5. The lowest BCUT2D eigenvalue weighted by Gasteiger charge is -2.11. The number of amides is 2. The molecule has 31 heavy (non-hydrogen) atoms. The molecule has 1 aromatic heterocycles. The van der Waals surface area contributed by atoms with Gasteiger partial charge >= 0.3 is 5.69 Å².